The van der Waals surface area contributed by atoms with E-state index >= 15 is 0 Å². The van der Waals surface area contributed by atoms with Gasteiger partial charge in [-0.2, -0.15) is 4.98 Å². The Kier molecular flexibility index (Phi) is 5.16. The molecule has 0 bridgehead atoms. The average Bonchev–Trinajstić information content (AvgIpc) is 2.81. The molecule has 2 unspecified atom stereocenters. The maximum atomic E-state index is 5.05. The third-order valence-electron chi connectivity index (χ3n) is 4.26. The minimum Gasteiger partial charge on any atom is -0.340 e. The number of nitrogens with zero attached hydrogens (tertiary/aromatic N) is 3. The molecule has 1 aromatic rings. The molecule has 1 aromatic heterocycles. The van der Waals surface area contributed by atoms with Gasteiger partial charge in [-0.1, -0.05) is 32.9 Å². The van der Waals surface area contributed by atoms with E-state index in [1.54, 1.807) is 0 Å². The lowest BCUT2D eigenvalue weighted by Crippen LogP contribution is -2.59. The molecule has 1 fully saturated rings. The van der Waals surface area contributed by atoms with Gasteiger partial charge in [-0.15, -0.1) is 0 Å². The number of nitrogens with one attached hydrogen (secondary N) is 1. The molecule has 0 radical (unpaired) electrons. The Morgan fingerprint density at radius 1 is 1.30 bits per heavy atom. The van der Waals surface area contributed by atoms with E-state index < -0.39 is 0 Å². The molecule has 1 saturated heterocycles. The lowest BCUT2D eigenvalue weighted by molar-refractivity contribution is 0.0857. The Morgan fingerprint density at radius 3 is 2.60 bits per heavy atom. The molecule has 0 saturated carbocycles. The number of hydrogen-bond acceptors (Lipinski definition) is 5. The van der Waals surface area contributed by atoms with E-state index in [0.29, 0.717) is 29.8 Å². The monoisotopic (exact) mass is 280 g/mol. The summed E-state index contributed by atoms with van der Waals surface area (Å²) in [5.41, 5.74) is 0. The summed E-state index contributed by atoms with van der Waals surface area (Å²) < 4.78 is 5.05. The van der Waals surface area contributed by atoms with Crippen molar-refractivity contribution in [2.45, 2.75) is 53.1 Å². The molecule has 0 amide bonds. The molecule has 20 heavy (non-hydrogen) atoms. The van der Waals surface area contributed by atoms with Crippen LogP contribution < -0.4 is 5.32 Å². The van der Waals surface area contributed by atoms with Crippen LogP contribution >= 0.6 is 0 Å². The Morgan fingerprint density at radius 2 is 2.05 bits per heavy atom. The molecule has 2 heterocycles. The van der Waals surface area contributed by atoms with Crippen LogP contribution in [0.3, 0.4) is 0 Å². The Hall–Kier alpha value is -0.940. The maximum absolute atomic E-state index is 5.05. The van der Waals surface area contributed by atoms with Crippen molar-refractivity contribution in [3.63, 3.8) is 0 Å². The predicted molar refractivity (Wildman–Crippen MR) is 79.6 cm³/mol. The summed E-state index contributed by atoms with van der Waals surface area (Å²) in [4.78, 5) is 6.89. The molecule has 0 spiro atoms. The van der Waals surface area contributed by atoms with Crippen molar-refractivity contribution in [2.24, 2.45) is 11.8 Å². The fraction of sp³-hybridized carbons (Fsp3) is 0.867. The van der Waals surface area contributed by atoms with Crippen LogP contribution in [0.5, 0.6) is 0 Å². The van der Waals surface area contributed by atoms with E-state index in [4.69, 9.17) is 4.52 Å². The van der Waals surface area contributed by atoms with E-state index in [0.717, 1.165) is 31.9 Å². The van der Waals surface area contributed by atoms with Crippen molar-refractivity contribution in [1.29, 1.82) is 0 Å². The van der Waals surface area contributed by atoms with Gasteiger partial charge in [0.1, 0.15) is 0 Å². The van der Waals surface area contributed by atoms with Gasteiger partial charge < -0.3 is 9.84 Å². The van der Waals surface area contributed by atoms with E-state index in [9.17, 15) is 0 Å². The first-order chi connectivity index (χ1) is 9.47. The molecule has 1 aliphatic heterocycles. The molecule has 1 N–H and O–H groups in total. The van der Waals surface area contributed by atoms with E-state index in [-0.39, 0.29) is 0 Å². The highest BCUT2D eigenvalue weighted by atomic mass is 16.5. The largest absolute Gasteiger partial charge is 0.340 e. The molecule has 0 aliphatic carbocycles. The van der Waals surface area contributed by atoms with Gasteiger partial charge in [-0.3, -0.25) is 4.90 Å². The fourth-order valence-electron chi connectivity index (χ4n) is 2.90. The molecular formula is C15H28N4O. The average molecular weight is 280 g/mol. The van der Waals surface area contributed by atoms with Gasteiger partial charge in [-0.25, -0.2) is 0 Å². The summed E-state index contributed by atoms with van der Waals surface area (Å²) in [6.07, 6.45) is 0.866. The van der Waals surface area contributed by atoms with Crippen molar-refractivity contribution in [1.82, 2.24) is 20.4 Å². The zero-order valence-corrected chi connectivity index (χ0v) is 13.4. The molecule has 114 valence electrons. The van der Waals surface area contributed by atoms with Crippen LogP contribution in [0.25, 0.3) is 0 Å². The Balaban J connectivity index is 1.96. The quantitative estimate of drug-likeness (QED) is 0.892. The first-order valence-corrected chi connectivity index (χ1v) is 7.74. The molecule has 2 rings (SSSR count). The third kappa shape index (κ3) is 3.79. The molecule has 0 aromatic carbocycles. The number of aromatic nitrogens is 2. The minimum absolute atomic E-state index is 0.581. The van der Waals surface area contributed by atoms with Crippen molar-refractivity contribution in [2.75, 3.05) is 19.6 Å². The van der Waals surface area contributed by atoms with Gasteiger partial charge in [0.25, 0.3) is 0 Å². The number of hydrogen-bond donors (Lipinski definition) is 1. The van der Waals surface area contributed by atoms with Crippen LogP contribution in [0.1, 0.15) is 39.4 Å². The summed E-state index contributed by atoms with van der Waals surface area (Å²) in [5.74, 6) is 2.80. The van der Waals surface area contributed by atoms with Gasteiger partial charge >= 0.3 is 0 Å². The number of rotatable bonds is 5. The normalized spacial score (nSPS) is 24.8. The second-order valence-electron chi connectivity index (χ2n) is 6.54. The van der Waals surface area contributed by atoms with Gasteiger partial charge in [0.2, 0.25) is 5.89 Å². The summed E-state index contributed by atoms with van der Waals surface area (Å²) >= 11 is 0. The van der Waals surface area contributed by atoms with Crippen molar-refractivity contribution in [3.8, 4) is 0 Å². The van der Waals surface area contributed by atoms with Crippen LogP contribution in [-0.4, -0.2) is 46.8 Å². The molecule has 1 aliphatic rings. The van der Waals surface area contributed by atoms with Crippen LogP contribution in [-0.2, 0) is 6.42 Å². The third-order valence-corrected chi connectivity index (χ3v) is 4.26. The predicted octanol–water partition coefficient (Wildman–Crippen LogP) is 1.87. The molecular weight excluding hydrogens is 252 g/mol. The highest BCUT2D eigenvalue weighted by molar-refractivity contribution is 4.92. The summed E-state index contributed by atoms with van der Waals surface area (Å²) in [7, 11) is 0. The lowest BCUT2D eigenvalue weighted by atomic mass is 9.94. The zero-order chi connectivity index (χ0) is 14.7. The van der Waals surface area contributed by atoms with Gasteiger partial charge in [-0.05, 0) is 11.8 Å². The molecule has 5 nitrogen and oxygen atoms in total. The second-order valence-corrected chi connectivity index (χ2v) is 6.54. The van der Waals surface area contributed by atoms with Crippen molar-refractivity contribution < 1.29 is 4.52 Å². The topological polar surface area (TPSA) is 54.2 Å². The van der Waals surface area contributed by atoms with Crippen molar-refractivity contribution >= 4 is 0 Å². The van der Waals surface area contributed by atoms with Gasteiger partial charge in [0.15, 0.2) is 5.82 Å². The lowest BCUT2D eigenvalue weighted by Gasteiger charge is -2.43. The summed E-state index contributed by atoms with van der Waals surface area (Å²) in [6, 6.07) is 1.18. The van der Waals surface area contributed by atoms with Crippen molar-refractivity contribution in [3.05, 3.63) is 11.7 Å². The second kappa shape index (κ2) is 6.68. The maximum Gasteiger partial charge on any atom is 0.223 e. The first-order valence-electron chi connectivity index (χ1n) is 7.74. The fourth-order valence-corrected chi connectivity index (χ4v) is 2.90. The van der Waals surface area contributed by atoms with E-state index in [2.05, 4.69) is 48.1 Å². The number of aryl methyl sites for hydroxylation is 1. The smallest absolute Gasteiger partial charge is 0.223 e. The van der Waals surface area contributed by atoms with Crippen LogP contribution in [0.4, 0.5) is 0 Å². The summed E-state index contributed by atoms with van der Waals surface area (Å²) in [5, 5.41) is 7.69. The Bertz CT molecular complexity index is 416. The van der Waals surface area contributed by atoms with Crippen LogP contribution in [0, 0.1) is 18.8 Å². The standard InChI is InChI=1S/C15H28N4O/c1-10(2)13-9-19(14(8-16-13)11(3)4)7-6-15-17-12(5)20-18-15/h10-11,13-14,16H,6-9H2,1-5H3. The van der Waals surface area contributed by atoms with Gasteiger partial charge in [0.05, 0.1) is 0 Å². The number of piperazine rings is 1. The first kappa shape index (κ1) is 15.4. The highest BCUT2D eigenvalue weighted by Crippen LogP contribution is 2.18. The van der Waals surface area contributed by atoms with Crippen LogP contribution in [0.15, 0.2) is 4.52 Å². The molecule has 5 heteroatoms. The Labute approximate surface area is 122 Å². The van der Waals surface area contributed by atoms with Crippen LogP contribution in [0.2, 0.25) is 0 Å². The molecule has 2 atom stereocenters. The summed E-state index contributed by atoms with van der Waals surface area (Å²) in [6.45, 7) is 14.2. The van der Waals surface area contributed by atoms with E-state index in [1.165, 1.54) is 0 Å². The SMILES string of the molecule is Cc1nc(CCN2CC(C(C)C)NCC2C(C)C)no1. The minimum atomic E-state index is 0.581. The van der Waals surface area contributed by atoms with E-state index in [1.807, 2.05) is 6.92 Å². The highest BCUT2D eigenvalue weighted by Gasteiger charge is 2.30. The van der Waals surface area contributed by atoms with Gasteiger partial charge in [0, 0.05) is 45.1 Å². The zero-order valence-electron chi connectivity index (χ0n) is 13.4.